The predicted octanol–water partition coefficient (Wildman–Crippen LogP) is 4.22. The Morgan fingerprint density at radius 2 is 1.46 bits per heavy atom. The third-order valence-electron chi connectivity index (χ3n) is 3.79. The van der Waals surface area contributed by atoms with Crippen LogP contribution in [0.5, 0.6) is 5.75 Å². The molecule has 0 saturated carbocycles. The second-order valence-electron chi connectivity index (χ2n) is 5.74. The van der Waals surface area contributed by atoms with Gasteiger partial charge in [0.05, 0.1) is 0 Å². The zero-order valence-electron chi connectivity index (χ0n) is 14.3. The zero-order valence-corrected chi connectivity index (χ0v) is 14.3. The number of carbonyl (C=O) groups excluding carboxylic acids is 1. The largest absolute Gasteiger partial charge is 0.489 e. The van der Waals surface area contributed by atoms with Crippen molar-refractivity contribution < 1.29 is 9.53 Å². The van der Waals surface area contributed by atoms with Gasteiger partial charge in [0.2, 0.25) is 0 Å². The van der Waals surface area contributed by atoms with Gasteiger partial charge in [0, 0.05) is 18.2 Å². The van der Waals surface area contributed by atoms with Crippen LogP contribution in [0.1, 0.15) is 21.5 Å². The van der Waals surface area contributed by atoms with Gasteiger partial charge < -0.3 is 4.74 Å². The Hall–Kier alpha value is -3.40. The minimum absolute atomic E-state index is 0.246. The summed E-state index contributed by atoms with van der Waals surface area (Å²) in [5.41, 5.74) is 5.32. The second-order valence-corrected chi connectivity index (χ2v) is 5.74. The van der Waals surface area contributed by atoms with Crippen molar-refractivity contribution in [2.24, 2.45) is 5.10 Å². The lowest BCUT2D eigenvalue weighted by molar-refractivity contribution is 0.0955. The van der Waals surface area contributed by atoms with E-state index >= 15 is 0 Å². The molecule has 3 aromatic rings. The minimum Gasteiger partial charge on any atom is -0.489 e. The van der Waals surface area contributed by atoms with Crippen LogP contribution in [-0.2, 0) is 13.0 Å². The molecule has 0 radical (unpaired) electrons. The third-order valence-corrected chi connectivity index (χ3v) is 3.79. The number of benzene rings is 3. The monoisotopic (exact) mass is 344 g/mol. The van der Waals surface area contributed by atoms with Gasteiger partial charge in [-0.25, -0.2) is 5.43 Å². The smallest absolute Gasteiger partial charge is 0.271 e. The van der Waals surface area contributed by atoms with E-state index in [0.29, 0.717) is 18.6 Å². The number of nitrogens with zero attached hydrogens (tertiary/aromatic N) is 1. The zero-order chi connectivity index (χ0) is 18.0. The Balaban J connectivity index is 1.47. The van der Waals surface area contributed by atoms with Gasteiger partial charge >= 0.3 is 0 Å². The molecule has 3 rings (SSSR count). The third kappa shape index (κ3) is 5.31. The Kier molecular flexibility index (Phi) is 6.15. The van der Waals surface area contributed by atoms with E-state index in [1.54, 1.807) is 30.5 Å². The molecule has 26 heavy (non-hydrogen) atoms. The molecule has 130 valence electrons. The van der Waals surface area contributed by atoms with E-state index in [1.807, 2.05) is 60.7 Å². The number of amides is 1. The maximum atomic E-state index is 12.1. The fourth-order valence-corrected chi connectivity index (χ4v) is 2.38. The average molecular weight is 344 g/mol. The van der Waals surface area contributed by atoms with Crippen LogP contribution in [0.3, 0.4) is 0 Å². The minimum atomic E-state index is -0.246. The van der Waals surface area contributed by atoms with Crippen molar-refractivity contribution >= 4 is 12.1 Å². The van der Waals surface area contributed by atoms with Crippen LogP contribution in [0.2, 0.25) is 0 Å². The molecule has 4 heteroatoms. The highest BCUT2D eigenvalue weighted by atomic mass is 16.5. The maximum absolute atomic E-state index is 12.1. The molecule has 0 heterocycles. The Labute approximate surface area is 153 Å². The van der Waals surface area contributed by atoms with Crippen LogP contribution < -0.4 is 10.2 Å². The summed E-state index contributed by atoms with van der Waals surface area (Å²) in [4.78, 5) is 12.1. The lowest BCUT2D eigenvalue weighted by atomic mass is 10.2. The van der Waals surface area contributed by atoms with Crippen LogP contribution in [0, 0.1) is 0 Å². The highest BCUT2D eigenvalue weighted by molar-refractivity contribution is 5.94. The van der Waals surface area contributed by atoms with Crippen molar-refractivity contribution in [3.05, 3.63) is 102 Å². The number of hydrazone groups is 1. The lowest BCUT2D eigenvalue weighted by Gasteiger charge is -2.07. The Morgan fingerprint density at radius 1 is 0.846 bits per heavy atom. The van der Waals surface area contributed by atoms with E-state index in [2.05, 4.69) is 10.5 Å². The lowest BCUT2D eigenvalue weighted by Crippen LogP contribution is -2.17. The van der Waals surface area contributed by atoms with Crippen LogP contribution in [-0.4, -0.2) is 12.1 Å². The first-order chi connectivity index (χ1) is 12.8. The molecule has 0 aliphatic heterocycles. The van der Waals surface area contributed by atoms with Crippen LogP contribution >= 0.6 is 0 Å². The van der Waals surface area contributed by atoms with Crippen molar-refractivity contribution in [2.75, 3.05) is 0 Å². The summed E-state index contributed by atoms with van der Waals surface area (Å²) in [6.07, 6.45) is 2.36. The maximum Gasteiger partial charge on any atom is 0.271 e. The molecule has 3 aromatic carbocycles. The summed E-state index contributed by atoms with van der Waals surface area (Å²) in [6.45, 7) is 0.496. The van der Waals surface area contributed by atoms with Gasteiger partial charge in [-0.3, -0.25) is 4.79 Å². The molecule has 0 aromatic heterocycles. The van der Waals surface area contributed by atoms with E-state index in [-0.39, 0.29) is 5.91 Å². The van der Waals surface area contributed by atoms with Crippen molar-refractivity contribution in [1.29, 1.82) is 0 Å². The van der Waals surface area contributed by atoms with E-state index < -0.39 is 0 Å². The standard InChI is InChI=1S/C22H20N2O2/c25-22(24-23-16-15-18-7-3-1-4-8-18)20-11-13-21(14-12-20)26-17-19-9-5-2-6-10-19/h1-14,16H,15,17H2,(H,24,25)/b23-16+. The van der Waals surface area contributed by atoms with Gasteiger partial charge in [-0.2, -0.15) is 5.10 Å². The molecule has 1 amide bonds. The summed E-state index contributed by atoms with van der Waals surface area (Å²) in [5.74, 6) is 0.474. The second kappa shape index (κ2) is 9.18. The first-order valence-electron chi connectivity index (χ1n) is 8.44. The number of ether oxygens (including phenoxy) is 1. The number of nitrogens with one attached hydrogen (secondary N) is 1. The molecule has 0 unspecified atom stereocenters. The van der Waals surface area contributed by atoms with E-state index in [4.69, 9.17) is 4.74 Å². The highest BCUT2D eigenvalue weighted by Crippen LogP contribution is 2.14. The van der Waals surface area contributed by atoms with E-state index in [0.717, 1.165) is 16.9 Å². The van der Waals surface area contributed by atoms with E-state index in [1.165, 1.54) is 0 Å². The quantitative estimate of drug-likeness (QED) is 0.515. The van der Waals surface area contributed by atoms with Crippen molar-refractivity contribution in [1.82, 2.24) is 5.43 Å². The molecule has 0 saturated heterocycles. The molecule has 4 nitrogen and oxygen atoms in total. The van der Waals surface area contributed by atoms with Crippen LogP contribution in [0.4, 0.5) is 0 Å². The number of rotatable bonds is 7. The first-order valence-corrected chi connectivity index (χ1v) is 8.44. The van der Waals surface area contributed by atoms with Crippen molar-refractivity contribution in [3.63, 3.8) is 0 Å². The van der Waals surface area contributed by atoms with Crippen molar-refractivity contribution in [2.45, 2.75) is 13.0 Å². The molecule has 0 atom stereocenters. The molecule has 0 aliphatic carbocycles. The molecular weight excluding hydrogens is 324 g/mol. The summed E-state index contributed by atoms with van der Waals surface area (Å²) in [5, 5.41) is 3.99. The van der Waals surface area contributed by atoms with Gasteiger partial charge in [0.25, 0.3) is 5.91 Å². The van der Waals surface area contributed by atoms with E-state index in [9.17, 15) is 4.79 Å². The van der Waals surface area contributed by atoms with Crippen LogP contribution in [0.25, 0.3) is 0 Å². The fraction of sp³-hybridized carbons (Fsp3) is 0.0909. The summed E-state index contributed by atoms with van der Waals surface area (Å²) in [6, 6.07) is 26.9. The van der Waals surface area contributed by atoms with Gasteiger partial charge in [-0.1, -0.05) is 60.7 Å². The molecular formula is C22H20N2O2. The fourth-order valence-electron chi connectivity index (χ4n) is 2.38. The molecule has 0 bridgehead atoms. The van der Waals surface area contributed by atoms with Gasteiger partial charge in [0.1, 0.15) is 12.4 Å². The SMILES string of the molecule is O=C(N/N=C/Cc1ccccc1)c1ccc(OCc2ccccc2)cc1. The summed E-state index contributed by atoms with van der Waals surface area (Å²) < 4.78 is 5.71. The summed E-state index contributed by atoms with van der Waals surface area (Å²) >= 11 is 0. The van der Waals surface area contributed by atoms with Gasteiger partial charge in [-0.15, -0.1) is 0 Å². The summed E-state index contributed by atoms with van der Waals surface area (Å²) in [7, 11) is 0. The Bertz CT molecular complexity index is 844. The molecule has 0 spiro atoms. The number of hydrogen-bond acceptors (Lipinski definition) is 3. The predicted molar refractivity (Wildman–Crippen MR) is 103 cm³/mol. The topological polar surface area (TPSA) is 50.7 Å². The highest BCUT2D eigenvalue weighted by Gasteiger charge is 2.04. The van der Waals surface area contributed by atoms with Gasteiger partial charge in [-0.05, 0) is 35.4 Å². The number of hydrogen-bond donors (Lipinski definition) is 1. The van der Waals surface area contributed by atoms with Crippen molar-refractivity contribution in [3.8, 4) is 5.75 Å². The average Bonchev–Trinajstić information content (AvgIpc) is 2.71. The number of carbonyl (C=O) groups is 1. The normalized spacial score (nSPS) is 10.6. The Morgan fingerprint density at radius 3 is 2.12 bits per heavy atom. The van der Waals surface area contributed by atoms with Crippen LogP contribution in [0.15, 0.2) is 90.0 Å². The van der Waals surface area contributed by atoms with Gasteiger partial charge in [0.15, 0.2) is 0 Å². The molecule has 0 fully saturated rings. The first kappa shape index (κ1) is 17.4. The molecule has 0 aliphatic rings. The molecule has 1 N–H and O–H groups in total.